The van der Waals surface area contributed by atoms with Gasteiger partial charge in [0.15, 0.2) is 6.61 Å². The van der Waals surface area contributed by atoms with Crippen LogP contribution in [0.2, 0.25) is 0 Å². The van der Waals surface area contributed by atoms with E-state index in [0.717, 1.165) is 0 Å². The van der Waals surface area contributed by atoms with Gasteiger partial charge < -0.3 is 15.8 Å². The lowest BCUT2D eigenvalue weighted by atomic mass is 10.3. The van der Waals surface area contributed by atoms with Crippen molar-refractivity contribution in [1.29, 1.82) is 0 Å². The summed E-state index contributed by atoms with van der Waals surface area (Å²) in [6.07, 6.45) is 0. The first-order valence-corrected chi connectivity index (χ1v) is 5.06. The number of ether oxygens (including phenoxy) is 1. The molecule has 4 nitrogen and oxygen atoms in total. The highest BCUT2D eigenvalue weighted by Crippen LogP contribution is 2.09. The molecule has 0 aromatic heterocycles. The SMILES string of the molecule is Cl.NCC(F)(F)CNC(=O)COc1ccccc1. The first kappa shape index (κ1) is 16.6. The van der Waals surface area contributed by atoms with E-state index in [9.17, 15) is 13.6 Å². The summed E-state index contributed by atoms with van der Waals surface area (Å²) < 4.78 is 30.5. The molecule has 0 saturated heterocycles. The summed E-state index contributed by atoms with van der Waals surface area (Å²) in [6.45, 7) is -1.88. The quantitative estimate of drug-likeness (QED) is 0.823. The van der Waals surface area contributed by atoms with E-state index in [1.807, 2.05) is 0 Å². The van der Waals surface area contributed by atoms with Crippen LogP contribution in [0.15, 0.2) is 30.3 Å². The summed E-state index contributed by atoms with van der Waals surface area (Å²) in [4.78, 5) is 11.2. The summed E-state index contributed by atoms with van der Waals surface area (Å²) in [5.41, 5.74) is 4.82. The number of hydrogen-bond donors (Lipinski definition) is 2. The molecule has 3 N–H and O–H groups in total. The third kappa shape index (κ3) is 6.36. The van der Waals surface area contributed by atoms with Crippen LogP contribution in [0.5, 0.6) is 5.75 Å². The van der Waals surface area contributed by atoms with Crippen LogP contribution >= 0.6 is 12.4 Å². The summed E-state index contributed by atoms with van der Waals surface area (Å²) in [5.74, 6) is -3.18. The van der Waals surface area contributed by atoms with Gasteiger partial charge in [0.05, 0.1) is 13.1 Å². The second kappa shape index (κ2) is 7.84. The van der Waals surface area contributed by atoms with Gasteiger partial charge in [-0.25, -0.2) is 8.78 Å². The molecule has 1 aromatic carbocycles. The van der Waals surface area contributed by atoms with Crippen molar-refractivity contribution in [1.82, 2.24) is 5.32 Å². The van der Waals surface area contributed by atoms with E-state index in [0.29, 0.717) is 5.75 Å². The van der Waals surface area contributed by atoms with Crippen LogP contribution in [0, 0.1) is 0 Å². The molecule has 0 spiro atoms. The summed E-state index contributed by atoms with van der Waals surface area (Å²) in [5, 5.41) is 2.05. The number of halogens is 3. The molecule has 1 aromatic rings. The smallest absolute Gasteiger partial charge is 0.277 e. The average molecular weight is 281 g/mol. The van der Waals surface area contributed by atoms with Crippen molar-refractivity contribution in [3.05, 3.63) is 30.3 Å². The van der Waals surface area contributed by atoms with Crippen LogP contribution in [0.3, 0.4) is 0 Å². The number of rotatable bonds is 6. The van der Waals surface area contributed by atoms with Crippen LogP contribution in [0.4, 0.5) is 8.78 Å². The number of amides is 1. The number of para-hydroxylation sites is 1. The highest BCUT2D eigenvalue weighted by Gasteiger charge is 2.27. The Bertz CT molecular complexity index is 363. The second-order valence-electron chi connectivity index (χ2n) is 3.44. The average Bonchev–Trinajstić information content (AvgIpc) is 2.35. The molecular weight excluding hydrogens is 266 g/mol. The maximum Gasteiger partial charge on any atom is 0.277 e. The summed E-state index contributed by atoms with van der Waals surface area (Å²) >= 11 is 0. The van der Waals surface area contributed by atoms with E-state index in [-0.39, 0.29) is 19.0 Å². The van der Waals surface area contributed by atoms with Gasteiger partial charge in [-0.1, -0.05) is 18.2 Å². The largest absolute Gasteiger partial charge is 0.484 e. The molecule has 0 atom stereocenters. The number of hydrogen-bond acceptors (Lipinski definition) is 3. The molecule has 0 unspecified atom stereocenters. The Morgan fingerprint density at radius 2 is 1.94 bits per heavy atom. The van der Waals surface area contributed by atoms with E-state index in [4.69, 9.17) is 10.5 Å². The van der Waals surface area contributed by atoms with Crippen LogP contribution in [-0.2, 0) is 4.79 Å². The van der Waals surface area contributed by atoms with Crippen LogP contribution in [-0.4, -0.2) is 31.5 Å². The zero-order chi connectivity index (χ0) is 12.7. The van der Waals surface area contributed by atoms with Gasteiger partial charge in [-0.2, -0.15) is 0 Å². The lowest BCUT2D eigenvalue weighted by Gasteiger charge is -2.14. The van der Waals surface area contributed by atoms with E-state index >= 15 is 0 Å². The Balaban J connectivity index is 0.00000289. The van der Waals surface area contributed by atoms with E-state index in [2.05, 4.69) is 5.32 Å². The maximum absolute atomic E-state index is 12.7. The number of nitrogens with two attached hydrogens (primary N) is 1. The van der Waals surface area contributed by atoms with Crippen molar-refractivity contribution < 1.29 is 18.3 Å². The second-order valence-corrected chi connectivity index (χ2v) is 3.44. The molecule has 102 valence electrons. The van der Waals surface area contributed by atoms with Crippen molar-refractivity contribution in [2.24, 2.45) is 5.73 Å². The number of carbonyl (C=O) groups excluding carboxylic acids is 1. The predicted molar refractivity (Wildman–Crippen MR) is 66.2 cm³/mol. The van der Waals surface area contributed by atoms with E-state index in [1.54, 1.807) is 30.3 Å². The fraction of sp³-hybridized carbons (Fsp3) is 0.364. The molecule has 0 aliphatic carbocycles. The van der Waals surface area contributed by atoms with Crippen LogP contribution < -0.4 is 15.8 Å². The summed E-state index contributed by atoms with van der Waals surface area (Å²) in [6, 6.07) is 8.63. The van der Waals surface area contributed by atoms with Crippen molar-refractivity contribution in [2.45, 2.75) is 5.92 Å². The Kier molecular flexibility index (Phi) is 7.23. The molecule has 0 aliphatic heterocycles. The highest BCUT2D eigenvalue weighted by molar-refractivity contribution is 5.85. The molecule has 0 fully saturated rings. The molecule has 0 aliphatic rings. The van der Waals surface area contributed by atoms with Gasteiger partial charge >= 0.3 is 0 Å². The Morgan fingerprint density at radius 1 is 1.33 bits per heavy atom. The van der Waals surface area contributed by atoms with Crippen molar-refractivity contribution in [2.75, 3.05) is 19.7 Å². The van der Waals surface area contributed by atoms with Gasteiger partial charge in [-0.3, -0.25) is 4.79 Å². The summed E-state index contributed by atoms with van der Waals surface area (Å²) in [7, 11) is 0. The molecule has 0 heterocycles. The minimum absolute atomic E-state index is 0. The van der Waals surface area contributed by atoms with Gasteiger partial charge in [0.1, 0.15) is 5.75 Å². The normalized spacial score (nSPS) is 10.4. The Labute approximate surface area is 110 Å². The van der Waals surface area contributed by atoms with Gasteiger partial charge in [0, 0.05) is 0 Å². The van der Waals surface area contributed by atoms with Crippen molar-refractivity contribution in [3.8, 4) is 5.75 Å². The zero-order valence-electron chi connectivity index (χ0n) is 9.57. The lowest BCUT2D eigenvalue weighted by molar-refractivity contribution is -0.124. The fourth-order valence-electron chi connectivity index (χ4n) is 1.02. The van der Waals surface area contributed by atoms with Crippen molar-refractivity contribution in [3.63, 3.8) is 0 Å². The third-order valence-electron chi connectivity index (χ3n) is 1.96. The van der Waals surface area contributed by atoms with Gasteiger partial charge in [0.2, 0.25) is 0 Å². The molecule has 0 radical (unpaired) electrons. The van der Waals surface area contributed by atoms with Gasteiger partial charge in [0.25, 0.3) is 11.8 Å². The molecule has 1 rings (SSSR count). The van der Waals surface area contributed by atoms with E-state index < -0.39 is 24.9 Å². The topological polar surface area (TPSA) is 64.3 Å². The molecular formula is C11H15ClF2N2O2. The lowest BCUT2D eigenvalue weighted by Crippen LogP contribution is -2.42. The number of nitrogens with one attached hydrogen (secondary N) is 1. The number of benzene rings is 1. The first-order valence-electron chi connectivity index (χ1n) is 5.06. The molecule has 7 heteroatoms. The molecule has 18 heavy (non-hydrogen) atoms. The Hall–Kier alpha value is -1.40. The first-order chi connectivity index (χ1) is 8.03. The van der Waals surface area contributed by atoms with E-state index in [1.165, 1.54) is 0 Å². The standard InChI is InChI=1S/C11H14F2N2O2.ClH/c12-11(13,7-14)8-15-10(16)6-17-9-4-2-1-3-5-9;/h1-5H,6-8,14H2,(H,15,16);1H. The number of carbonyl (C=O) groups is 1. The number of alkyl halides is 2. The van der Waals surface area contributed by atoms with Crippen molar-refractivity contribution >= 4 is 18.3 Å². The van der Waals surface area contributed by atoms with Crippen LogP contribution in [0.25, 0.3) is 0 Å². The Morgan fingerprint density at radius 3 is 2.50 bits per heavy atom. The van der Waals surface area contributed by atoms with Gasteiger partial charge in [-0.15, -0.1) is 12.4 Å². The molecule has 1 amide bonds. The maximum atomic E-state index is 12.7. The van der Waals surface area contributed by atoms with Gasteiger partial charge in [-0.05, 0) is 12.1 Å². The fourth-order valence-corrected chi connectivity index (χ4v) is 1.02. The zero-order valence-corrected chi connectivity index (χ0v) is 10.4. The highest BCUT2D eigenvalue weighted by atomic mass is 35.5. The predicted octanol–water partition coefficient (Wildman–Crippen LogP) is 1.20. The molecule has 0 bridgehead atoms. The monoisotopic (exact) mass is 280 g/mol. The molecule has 0 saturated carbocycles. The third-order valence-corrected chi connectivity index (χ3v) is 1.96. The van der Waals surface area contributed by atoms with Crippen LogP contribution in [0.1, 0.15) is 0 Å². The minimum Gasteiger partial charge on any atom is -0.484 e. The minimum atomic E-state index is -3.08.